The lowest BCUT2D eigenvalue weighted by molar-refractivity contribution is -0.140. The number of ether oxygens (including phenoxy) is 1. The maximum atomic E-state index is 13.4. The highest BCUT2D eigenvalue weighted by molar-refractivity contribution is 7.89. The van der Waals surface area contributed by atoms with E-state index in [4.69, 9.17) is 9.26 Å². The Morgan fingerprint density at radius 1 is 1.30 bits per heavy atom. The second kappa shape index (κ2) is 8.74. The molecule has 2 aromatic heterocycles. The number of piperidine rings is 1. The Balaban J connectivity index is 1.53. The zero-order chi connectivity index (χ0) is 21.3. The number of sulfonamides is 1. The Morgan fingerprint density at radius 2 is 2.07 bits per heavy atom. The number of aromatic nitrogens is 2. The maximum Gasteiger partial charge on any atom is 0.244 e. The van der Waals surface area contributed by atoms with Crippen molar-refractivity contribution in [1.82, 2.24) is 19.3 Å². The third-order valence-corrected chi connectivity index (χ3v) is 8.70. The lowest BCUT2D eigenvalue weighted by Gasteiger charge is -2.35. The number of amides is 1. The van der Waals surface area contributed by atoms with Crippen LogP contribution in [0.2, 0.25) is 0 Å². The summed E-state index contributed by atoms with van der Waals surface area (Å²) in [5.74, 6) is 0.635. The van der Waals surface area contributed by atoms with Gasteiger partial charge in [-0.15, -0.1) is 11.3 Å². The number of hydrogen-bond acceptors (Lipinski definition) is 8. The Hall–Kier alpha value is -1.82. The van der Waals surface area contributed by atoms with E-state index in [-0.39, 0.29) is 23.3 Å². The van der Waals surface area contributed by atoms with Crippen LogP contribution in [0, 0.1) is 12.8 Å². The Kier molecular flexibility index (Phi) is 6.24. The molecule has 9 nitrogen and oxygen atoms in total. The van der Waals surface area contributed by atoms with Gasteiger partial charge in [0.15, 0.2) is 0 Å². The Bertz CT molecular complexity index is 1010. The second-order valence-electron chi connectivity index (χ2n) is 7.54. The number of carbonyl (C=O) groups excluding carboxylic acids is 1. The number of aryl methyl sites for hydroxylation is 2. The summed E-state index contributed by atoms with van der Waals surface area (Å²) in [5.41, 5.74) is 0. The monoisotopic (exact) mass is 454 g/mol. The van der Waals surface area contributed by atoms with Crippen molar-refractivity contribution in [3.05, 3.63) is 16.8 Å². The largest absolute Gasteiger partial charge is 0.378 e. The molecule has 4 heterocycles. The molecule has 0 aliphatic carbocycles. The molecule has 0 unspecified atom stereocenters. The van der Waals surface area contributed by atoms with Crippen molar-refractivity contribution >= 4 is 27.3 Å². The lowest BCUT2D eigenvalue weighted by Crippen LogP contribution is -2.49. The van der Waals surface area contributed by atoms with E-state index in [0.717, 1.165) is 0 Å². The van der Waals surface area contributed by atoms with Crippen LogP contribution in [0.25, 0.3) is 10.7 Å². The minimum Gasteiger partial charge on any atom is -0.378 e. The summed E-state index contributed by atoms with van der Waals surface area (Å²) in [6.45, 7) is 6.53. The van der Waals surface area contributed by atoms with E-state index in [1.54, 1.807) is 17.9 Å². The summed E-state index contributed by atoms with van der Waals surface area (Å²) >= 11 is 1.33. The van der Waals surface area contributed by atoms with Gasteiger partial charge in [-0.1, -0.05) is 12.1 Å². The smallest absolute Gasteiger partial charge is 0.244 e. The third kappa shape index (κ3) is 4.16. The number of carbonyl (C=O) groups is 1. The van der Waals surface area contributed by atoms with E-state index in [1.165, 1.54) is 15.6 Å². The van der Waals surface area contributed by atoms with Gasteiger partial charge >= 0.3 is 0 Å². The molecule has 0 aromatic carbocycles. The molecule has 2 aliphatic rings. The molecule has 0 N–H and O–H groups in total. The Morgan fingerprint density at radius 3 is 2.77 bits per heavy atom. The first-order chi connectivity index (χ1) is 14.4. The summed E-state index contributed by atoms with van der Waals surface area (Å²) in [7, 11) is -3.71. The van der Waals surface area contributed by atoms with E-state index in [2.05, 4.69) is 10.1 Å². The molecular weight excluding hydrogens is 428 g/mol. The molecule has 164 valence electrons. The molecule has 11 heteroatoms. The highest BCUT2D eigenvalue weighted by atomic mass is 32.2. The van der Waals surface area contributed by atoms with Crippen LogP contribution in [0.1, 0.15) is 30.5 Å². The molecular formula is C19H26N4O5S2. The number of thiophene rings is 1. The predicted octanol–water partition coefficient (Wildman–Crippen LogP) is 1.93. The first-order valence-electron chi connectivity index (χ1n) is 10.2. The average Bonchev–Trinajstić information content (AvgIpc) is 3.40. The number of nitrogens with zero attached hydrogens (tertiary/aromatic N) is 4. The van der Waals surface area contributed by atoms with Gasteiger partial charge in [0.1, 0.15) is 0 Å². The van der Waals surface area contributed by atoms with Gasteiger partial charge in [0.2, 0.25) is 27.6 Å². The molecule has 2 aliphatic heterocycles. The minimum absolute atomic E-state index is 0.0276. The second-order valence-corrected chi connectivity index (χ2v) is 10.7. The van der Waals surface area contributed by atoms with Crippen LogP contribution in [0.15, 0.2) is 15.5 Å². The Labute approximate surface area is 180 Å². The van der Waals surface area contributed by atoms with E-state index in [1.807, 2.05) is 6.92 Å². The fourth-order valence-electron chi connectivity index (χ4n) is 3.87. The quantitative estimate of drug-likeness (QED) is 0.679. The van der Waals surface area contributed by atoms with E-state index in [0.29, 0.717) is 73.6 Å². The zero-order valence-corrected chi connectivity index (χ0v) is 18.8. The third-order valence-electron chi connectivity index (χ3n) is 5.54. The molecule has 0 saturated carbocycles. The van der Waals surface area contributed by atoms with Crippen LogP contribution in [-0.4, -0.2) is 73.1 Å². The molecule has 2 fully saturated rings. The van der Waals surface area contributed by atoms with Crippen molar-refractivity contribution in [1.29, 1.82) is 0 Å². The van der Waals surface area contributed by atoms with E-state index < -0.39 is 10.0 Å². The van der Waals surface area contributed by atoms with Crippen molar-refractivity contribution in [3.8, 4) is 10.7 Å². The minimum atomic E-state index is -3.71. The molecule has 1 amide bonds. The van der Waals surface area contributed by atoms with Crippen LogP contribution < -0.4 is 0 Å². The fourth-order valence-corrected chi connectivity index (χ4v) is 6.88. The van der Waals surface area contributed by atoms with Gasteiger partial charge < -0.3 is 14.2 Å². The van der Waals surface area contributed by atoms with Crippen molar-refractivity contribution in [3.63, 3.8) is 0 Å². The van der Waals surface area contributed by atoms with Crippen LogP contribution in [0.5, 0.6) is 0 Å². The fraction of sp³-hybridized carbons (Fsp3) is 0.632. The van der Waals surface area contributed by atoms with Crippen molar-refractivity contribution < 1.29 is 22.5 Å². The van der Waals surface area contributed by atoms with Crippen LogP contribution in [-0.2, 0) is 26.0 Å². The van der Waals surface area contributed by atoms with Gasteiger partial charge in [0.05, 0.1) is 28.9 Å². The molecule has 1 atom stereocenters. The lowest BCUT2D eigenvalue weighted by atomic mass is 9.98. The van der Waals surface area contributed by atoms with Crippen molar-refractivity contribution in [2.75, 3.05) is 39.4 Å². The highest BCUT2D eigenvalue weighted by Crippen LogP contribution is 2.35. The SMILES string of the molecule is CCc1nc(-c2cc(S(=O)(=O)N3CCC[C@H](C(=O)N4CCOCC4)C3)c(C)s2)no1. The average molecular weight is 455 g/mol. The first kappa shape index (κ1) is 21.4. The molecule has 2 saturated heterocycles. The predicted molar refractivity (Wildman–Crippen MR) is 111 cm³/mol. The van der Waals surface area contributed by atoms with Gasteiger partial charge in [-0.25, -0.2) is 8.42 Å². The van der Waals surface area contributed by atoms with Gasteiger partial charge in [-0.2, -0.15) is 9.29 Å². The zero-order valence-electron chi connectivity index (χ0n) is 17.2. The topological polar surface area (TPSA) is 106 Å². The summed E-state index contributed by atoms with van der Waals surface area (Å²) in [6, 6.07) is 1.62. The number of rotatable bonds is 5. The van der Waals surface area contributed by atoms with Crippen molar-refractivity contribution in [2.24, 2.45) is 5.92 Å². The van der Waals surface area contributed by atoms with Gasteiger partial charge in [-0.05, 0) is 25.8 Å². The van der Waals surface area contributed by atoms with Crippen LogP contribution in [0.3, 0.4) is 0 Å². The molecule has 0 bridgehead atoms. The summed E-state index contributed by atoms with van der Waals surface area (Å²) in [6.07, 6.45) is 1.99. The molecule has 30 heavy (non-hydrogen) atoms. The molecule has 4 rings (SSSR count). The van der Waals surface area contributed by atoms with Crippen LogP contribution in [0.4, 0.5) is 0 Å². The van der Waals surface area contributed by atoms with Crippen molar-refractivity contribution in [2.45, 2.75) is 38.0 Å². The molecule has 0 radical (unpaired) electrons. The maximum absolute atomic E-state index is 13.4. The van der Waals surface area contributed by atoms with E-state index >= 15 is 0 Å². The summed E-state index contributed by atoms with van der Waals surface area (Å²) in [5, 5.41) is 3.95. The van der Waals surface area contributed by atoms with Gasteiger partial charge in [0.25, 0.3) is 0 Å². The summed E-state index contributed by atoms with van der Waals surface area (Å²) < 4.78 is 38.7. The van der Waals surface area contributed by atoms with Gasteiger partial charge in [-0.3, -0.25) is 4.79 Å². The highest BCUT2D eigenvalue weighted by Gasteiger charge is 2.36. The molecule has 0 spiro atoms. The number of morpholine rings is 1. The normalized spacial score (nSPS) is 21.1. The van der Waals surface area contributed by atoms with Crippen LogP contribution >= 0.6 is 11.3 Å². The van der Waals surface area contributed by atoms with E-state index in [9.17, 15) is 13.2 Å². The molecule has 2 aromatic rings. The van der Waals surface area contributed by atoms with Gasteiger partial charge in [0, 0.05) is 37.5 Å². The first-order valence-corrected chi connectivity index (χ1v) is 12.5. The summed E-state index contributed by atoms with van der Waals surface area (Å²) in [4.78, 5) is 20.6. The standard InChI is InChI=1S/C19H26N4O5S2/c1-3-17-20-18(21-28-17)15-11-16(13(2)29-15)30(25,26)23-6-4-5-14(12-23)19(24)22-7-9-27-10-8-22/h11,14H,3-10,12H2,1-2H3/t14-/m0/s1. The number of hydrogen-bond donors (Lipinski definition) is 0.